The zero-order chi connectivity index (χ0) is 16.1. The molecule has 1 saturated heterocycles. The van der Waals surface area contributed by atoms with Crippen molar-refractivity contribution in [3.63, 3.8) is 0 Å². The van der Waals surface area contributed by atoms with E-state index in [0.717, 1.165) is 24.8 Å². The third-order valence-corrected chi connectivity index (χ3v) is 5.24. The fourth-order valence-corrected chi connectivity index (χ4v) is 3.74. The van der Waals surface area contributed by atoms with Gasteiger partial charge in [0.25, 0.3) is 0 Å². The number of likely N-dealkylation sites (N-methyl/N-ethyl adjacent to an activating group) is 1. The number of amides is 2. The molecule has 0 aromatic rings. The van der Waals surface area contributed by atoms with Crippen molar-refractivity contribution in [3.8, 4) is 0 Å². The second-order valence-electron chi connectivity index (χ2n) is 7.40. The molecular weight excluding hydrogens is 278 g/mol. The molecular formula is C17H33N3O2. The number of piperidine rings is 1. The predicted octanol–water partition coefficient (Wildman–Crippen LogP) is 2.05. The van der Waals surface area contributed by atoms with Crippen LogP contribution in [0.5, 0.6) is 0 Å². The Balaban J connectivity index is 1.69. The van der Waals surface area contributed by atoms with Crippen LogP contribution in [0.4, 0.5) is 4.79 Å². The zero-order valence-corrected chi connectivity index (χ0v) is 14.4. The SMILES string of the molecule is CC(O)CN(C)C(=O)NC1CCC(N2CCC(C)CC2)CC1. The summed E-state index contributed by atoms with van der Waals surface area (Å²) in [5.74, 6) is 0.885. The van der Waals surface area contributed by atoms with Gasteiger partial charge in [0.05, 0.1) is 6.10 Å². The number of nitrogens with zero attached hydrogens (tertiary/aromatic N) is 2. The maximum Gasteiger partial charge on any atom is 0.317 e. The number of carbonyl (C=O) groups excluding carboxylic acids is 1. The third kappa shape index (κ3) is 5.13. The van der Waals surface area contributed by atoms with E-state index in [1.54, 1.807) is 18.9 Å². The monoisotopic (exact) mass is 311 g/mol. The van der Waals surface area contributed by atoms with Crippen molar-refractivity contribution < 1.29 is 9.90 Å². The number of urea groups is 1. The Kier molecular flexibility index (Phi) is 6.50. The van der Waals surface area contributed by atoms with Crippen LogP contribution < -0.4 is 5.32 Å². The molecule has 0 bridgehead atoms. The molecule has 1 heterocycles. The molecule has 2 N–H and O–H groups in total. The van der Waals surface area contributed by atoms with Gasteiger partial charge in [-0.25, -0.2) is 4.79 Å². The van der Waals surface area contributed by atoms with Gasteiger partial charge < -0.3 is 20.2 Å². The van der Waals surface area contributed by atoms with E-state index in [1.165, 1.54) is 38.8 Å². The first-order valence-corrected chi connectivity index (χ1v) is 8.89. The largest absolute Gasteiger partial charge is 0.392 e. The first-order chi connectivity index (χ1) is 10.5. The van der Waals surface area contributed by atoms with Gasteiger partial charge in [-0.3, -0.25) is 0 Å². The Morgan fingerprint density at radius 2 is 1.82 bits per heavy atom. The summed E-state index contributed by atoms with van der Waals surface area (Å²) < 4.78 is 0. The van der Waals surface area contributed by atoms with Gasteiger partial charge in [-0.15, -0.1) is 0 Å². The molecule has 2 fully saturated rings. The van der Waals surface area contributed by atoms with Crippen molar-refractivity contribution in [2.24, 2.45) is 5.92 Å². The highest BCUT2D eigenvalue weighted by Gasteiger charge is 2.29. The van der Waals surface area contributed by atoms with Crippen LogP contribution in [0.3, 0.4) is 0 Å². The second-order valence-corrected chi connectivity index (χ2v) is 7.40. The third-order valence-electron chi connectivity index (χ3n) is 5.24. The highest BCUT2D eigenvalue weighted by Crippen LogP contribution is 2.27. The lowest BCUT2D eigenvalue weighted by atomic mass is 9.88. The molecule has 1 aliphatic heterocycles. The molecule has 5 heteroatoms. The quantitative estimate of drug-likeness (QED) is 0.835. The number of nitrogens with one attached hydrogen (secondary N) is 1. The van der Waals surface area contributed by atoms with E-state index in [-0.39, 0.29) is 6.03 Å². The maximum absolute atomic E-state index is 12.1. The number of aliphatic hydroxyl groups is 1. The molecule has 22 heavy (non-hydrogen) atoms. The van der Waals surface area contributed by atoms with Gasteiger partial charge in [-0.1, -0.05) is 6.92 Å². The number of rotatable bonds is 4. The summed E-state index contributed by atoms with van der Waals surface area (Å²) in [6.07, 6.45) is 6.73. The fourth-order valence-electron chi connectivity index (χ4n) is 3.74. The standard InChI is InChI=1S/C17H33N3O2/c1-13-8-10-20(11-9-13)16-6-4-15(5-7-16)18-17(22)19(3)12-14(2)21/h13-16,21H,4-12H2,1-3H3,(H,18,22). The average Bonchev–Trinajstić information content (AvgIpc) is 2.48. The van der Waals surface area contributed by atoms with Crippen LogP contribution in [0, 0.1) is 5.92 Å². The Hall–Kier alpha value is -0.810. The normalized spacial score (nSPS) is 29.1. The fraction of sp³-hybridized carbons (Fsp3) is 0.941. The highest BCUT2D eigenvalue weighted by atomic mass is 16.3. The number of aliphatic hydroxyl groups excluding tert-OH is 1. The van der Waals surface area contributed by atoms with Crippen molar-refractivity contribution in [1.82, 2.24) is 15.1 Å². The van der Waals surface area contributed by atoms with E-state index < -0.39 is 6.10 Å². The lowest BCUT2D eigenvalue weighted by Crippen LogP contribution is -2.49. The Bertz CT molecular complexity index is 346. The van der Waals surface area contributed by atoms with E-state index in [0.29, 0.717) is 12.6 Å². The number of hydrogen-bond donors (Lipinski definition) is 2. The molecule has 128 valence electrons. The second kappa shape index (κ2) is 8.16. The topological polar surface area (TPSA) is 55.8 Å². The van der Waals surface area contributed by atoms with Crippen LogP contribution in [0.25, 0.3) is 0 Å². The minimum atomic E-state index is -0.479. The van der Waals surface area contributed by atoms with Crippen molar-refractivity contribution in [1.29, 1.82) is 0 Å². The average molecular weight is 311 g/mol. The van der Waals surface area contributed by atoms with E-state index >= 15 is 0 Å². The summed E-state index contributed by atoms with van der Waals surface area (Å²) >= 11 is 0. The Morgan fingerprint density at radius 3 is 2.36 bits per heavy atom. The molecule has 2 aliphatic rings. The van der Waals surface area contributed by atoms with Gasteiger partial charge in [-0.05, 0) is 64.5 Å². The minimum absolute atomic E-state index is 0.0591. The molecule has 1 saturated carbocycles. The van der Waals surface area contributed by atoms with E-state index in [4.69, 9.17) is 0 Å². The molecule has 2 amide bonds. The summed E-state index contributed by atoms with van der Waals surface area (Å²) in [6.45, 7) is 6.94. The molecule has 2 rings (SSSR count). The molecule has 1 aliphatic carbocycles. The smallest absolute Gasteiger partial charge is 0.317 e. The van der Waals surface area contributed by atoms with Crippen molar-refractivity contribution in [3.05, 3.63) is 0 Å². The molecule has 5 nitrogen and oxygen atoms in total. The van der Waals surface area contributed by atoms with E-state index in [2.05, 4.69) is 17.1 Å². The van der Waals surface area contributed by atoms with Gasteiger partial charge in [0.15, 0.2) is 0 Å². The van der Waals surface area contributed by atoms with Crippen LogP contribution in [-0.2, 0) is 0 Å². The summed E-state index contributed by atoms with van der Waals surface area (Å²) in [4.78, 5) is 16.3. The summed E-state index contributed by atoms with van der Waals surface area (Å²) in [7, 11) is 1.74. The van der Waals surface area contributed by atoms with E-state index in [9.17, 15) is 9.90 Å². The molecule has 0 radical (unpaired) electrons. The molecule has 0 aromatic heterocycles. The van der Waals surface area contributed by atoms with Crippen LogP contribution in [0.2, 0.25) is 0 Å². The first-order valence-electron chi connectivity index (χ1n) is 8.89. The van der Waals surface area contributed by atoms with Crippen LogP contribution in [-0.4, -0.2) is 65.8 Å². The van der Waals surface area contributed by atoms with Crippen molar-refractivity contribution in [2.45, 2.75) is 70.6 Å². The van der Waals surface area contributed by atoms with Gasteiger partial charge >= 0.3 is 6.03 Å². The summed E-state index contributed by atoms with van der Waals surface area (Å²) in [6, 6.07) is 0.955. The zero-order valence-electron chi connectivity index (χ0n) is 14.4. The van der Waals surface area contributed by atoms with Crippen molar-refractivity contribution >= 4 is 6.03 Å². The summed E-state index contributed by atoms with van der Waals surface area (Å²) in [5.41, 5.74) is 0. The number of likely N-dealkylation sites (tertiary alicyclic amines) is 1. The van der Waals surface area contributed by atoms with Crippen LogP contribution >= 0.6 is 0 Å². The lowest BCUT2D eigenvalue weighted by Gasteiger charge is -2.40. The Labute approximate surface area is 135 Å². The summed E-state index contributed by atoms with van der Waals surface area (Å²) in [5, 5.41) is 12.5. The minimum Gasteiger partial charge on any atom is -0.392 e. The first kappa shape index (κ1) is 17.5. The lowest BCUT2D eigenvalue weighted by molar-refractivity contribution is 0.102. The molecule has 1 unspecified atom stereocenters. The van der Waals surface area contributed by atoms with Crippen molar-refractivity contribution in [2.75, 3.05) is 26.7 Å². The number of hydrogen-bond acceptors (Lipinski definition) is 3. The molecule has 1 atom stereocenters. The van der Waals surface area contributed by atoms with Crippen LogP contribution in [0.15, 0.2) is 0 Å². The van der Waals surface area contributed by atoms with Gasteiger partial charge in [0, 0.05) is 25.7 Å². The predicted molar refractivity (Wildman–Crippen MR) is 88.9 cm³/mol. The van der Waals surface area contributed by atoms with Crippen LogP contribution in [0.1, 0.15) is 52.4 Å². The maximum atomic E-state index is 12.1. The Morgan fingerprint density at radius 1 is 1.23 bits per heavy atom. The number of carbonyl (C=O) groups is 1. The van der Waals surface area contributed by atoms with Gasteiger partial charge in [0.1, 0.15) is 0 Å². The van der Waals surface area contributed by atoms with E-state index in [1.807, 2.05) is 0 Å². The molecule has 0 aromatic carbocycles. The highest BCUT2D eigenvalue weighted by molar-refractivity contribution is 5.74. The van der Waals surface area contributed by atoms with Gasteiger partial charge in [0.2, 0.25) is 0 Å². The van der Waals surface area contributed by atoms with Gasteiger partial charge in [-0.2, -0.15) is 0 Å². The molecule has 0 spiro atoms.